The molecule has 1 aliphatic rings. The largest absolute Gasteiger partial charge is 0.492 e. The van der Waals surface area contributed by atoms with Crippen LogP contribution in [0.25, 0.3) is 11.1 Å². The van der Waals surface area contributed by atoms with Gasteiger partial charge in [-0.2, -0.15) is 0 Å². The van der Waals surface area contributed by atoms with Gasteiger partial charge in [0.25, 0.3) is 0 Å². The van der Waals surface area contributed by atoms with Crippen LogP contribution in [0.4, 0.5) is 0 Å². The Morgan fingerprint density at radius 2 is 1.79 bits per heavy atom. The average Bonchev–Trinajstić information content (AvgIpc) is 3.08. The van der Waals surface area contributed by atoms with Crippen molar-refractivity contribution in [2.75, 3.05) is 33.5 Å². The Balaban J connectivity index is 1.79. The molecule has 2 aromatic carbocycles. The van der Waals surface area contributed by atoms with Gasteiger partial charge in [-0.1, -0.05) is 32.9 Å². The predicted molar refractivity (Wildman–Crippen MR) is 107 cm³/mol. The number of carboxylic acids is 1. The molecule has 6 nitrogen and oxygen atoms in total. The Labute approximate surface area is 165 Å². The van der Waals surface area contributed by atoms with Gasteiger partial charge in [-0.3, -0.25) is 9.69 Å². The van der Waals surface area contributed by atoms with Crippen molar-refractivity contribution in [1.82, 2.24) is 4.90 Å². The van der Waals surface area contributed by atoms with Gasteiger partial charge in [-0.15, -0.1) is 0 Å². The lowest BCUT2D eigenvalue weighted by atomic mass is 9.84. The van der Waals surface area contributed by atoms with Crippen LogP contribution in [-0.4, -0.2) is 49.5 Å². The van der Waals surface area contributed by atoms with E-state index in [0.29, 0.717) is 13.2 Å². The van der Waals surface area contributed by atoms with E-state index in [9.17, 15) is 4.79 Å². The molecule has 0 aromatic heterocycles. The molecular weight excluding hydrogens is 358 g/mol. The van der Waals surface area contributed by atoms with E-state index in [0.717, 1.165) is 33.9 Å². The highest BCUT2D eigenvalue weighted by Crippen LogP contribution is 2.39. The topological polar surface area (TPSA) is 68.2 Å². The first kappa shape index (κ1) is 20.0. The summed E-state index contributed by atoms with van der Waals surface area (Å²) in [6.07, 6.45) is 0. The van der Waals surface area contributed by atoms with Crippen molar-refractivity contribution in [2.45, 2.75) is 26.2 Å². The third-order valence-corrected chi connectivity index (χ3v) is 4.63. The molecule has 150 valence electrons. The number of hydrogen-bond acceptors (Lipinski definition) is 5. The molecular formula is C22H27NO5. The molecule has 0 radical (unpaired) electrons. The van der Waals surface area contributed by atoms with Gasteiger partial charge < -0.3 is 19.3 Å². The number of benzene rings is 2. The smallest absolute Gasteiger partial charge is 0.317 e. The fourth-order valence-corrected chi connectivity index (χ4v) is 3.12. The van der Waals surface area contributed by atoms with Crippen molar-refractivity contribution in [2.24, 2.45) is 0 Å². The van der Waals surface area contributed by atoms with Crippen LogP contribution in [0.1, 0.15) is 26.3 Å². The Morgan fingerprint density at radius 1 is 1.11 bits per heavy atom. The first-order valence-electron chi connectivity index (χ1n) is 9.32. The molecule has 0 aliphatic carbocycles. The van der Waals surface area contributed by atoms with E-state index in [-0.39, 0.29) is 18.8 Å². The molecule has 0 saturated heterocycles. The zero-order chi connectivity index (χ0) is 20.3. The molecule has 3 rings (SSSR count). The summed E-state index contributed by atoms with van der Waals surface area (Å²) in [5, 5.41) is 8.85. The maximum Gasteiger partial charge on any atom is 0.317 e. The summed E-state index contributed by atoms with van der Waals surface area (Å²) in [6.45, 7) is 7.67. The average molecular weight is 385 g/mol. The highest BCUT2D eigenvalue weighted by molar-refractivity contribution is 5.70. The molecule has 6 heteroatoms. The number of hydrogen-bond donors (Lipinski definition) is 1. The Morgan fingerprint density at radius 3 is 2.50 bits per heavy atom. The zero-order valence-corrected chi connectivity index (χ0v) is 16.8. The summed E-state index contributed by atoms with van der Waals surface area (Å²) in [5.41, 5.74) is 3.14. The fourth-order valence-electron chi connectivity index (χ4n) is 3.12. The zero-order valence-electron chi connectivity index (χ0n) is 16.8. The van der Waals surface area contributed by atoms with Gasteiger partial charge in [0.1, 0.15) is 12.4 Å². The van der Waals surface area contributed by atoms with Crippen LogP contribution >= 0.6 is 0 Å². The summed E-state index contributed by atoms with van der Waals surface area (Å²) in [7, 11) is 1.77. The van der Waals surface area contributed by atoms with Crippen LogP contribution in [0.5, 0.6) is 17.2 Å². The maximum absolute atomic E-state index is 10.8. The molecule has 1 N–H and O–H groups in total. The minimum atomic E-state index is -0.842. The van der Waals surface area contributed by atoms with Gasteiger partial charge in [0.2, 0.25) is 6.79 Å². The summed E-state index contributed by atoms with van der Waals surface area (Å²) < 4.78 is 16.9. The molecule has 0 bridgehead atoms. The molecule has 1 aliphatic heterocycles. The first-order valence-corrected chi connectivity index (χ1v) is 9.32. The van der Waals surface area contributed by atoms with E-state index in [4.69, 9.17) is 19.3 Å². The van der Waals surface area contributed by atoms with Gasteiger partial charge in [-0.25, -0.2) is 0 Å². The Hall–Kier alpha value is -2.73. The first-order chi connectivity index (χ1) is 13.2. The molecule has 0 amide bonds. The van der Waals surface area contributed by atoms with Gasteiger partial charge in [0.05, 0.1) is 6.54 Å². The van der Waals surface area contributed by atoms with E-state index in [1.165, 1.54) is 0 Å². The predicted octanol–water partition coefficient (Wildman–Crippen LogP) is 3.78. The van der Waals surface area contributed by atoms with Crippen molar-refractivity contribution in [1.29, 1.82) is 0 Å². The minimum Gasteiger partial charge on any atom is -0.492 e. The van der Waals surface area contributed by atoms with Gasteiger partial charge >= 0.3 is 5.97 Å². The third kappa shape index (κ3) is 4.75. The highest BCUT2D eigenvalue weighted by atomic mass is 16.7. The summed E-state index contributed by atoms with van der Waals surface area (Å²) in [6, 6.07) is 12.1. The number of aliphatic carboxylic acids is 1. The quantitative estimate of drug-likeness (QED) is 0.782. The second kappa shape index (κ2) is 8.10. The van der Waals surface area contributed by atoms with Crippen molar-refractivity contribution in [3.8, 4) is 28.4 Å². The molecule has 1 heterocycles. The second-order valence-corrected chi connectivity index (χ2v) is 8.01. The molecule has 0 atom stereocenters. The van der Waals surface area contributed by atoms with Crippen molar-refractivity contribution in [3.63, 3.8) is 0 Å². The Kier molecular flexibility index (Phi) is 5.79. The van der Waals surface area contributed by atoms with E-state index < -0.39 is 5.97 Å². The number of rotatable bonds is 7. The lowest BCUT2D eigenvalue weighted by Gasteiger charge is -2.24. The number of fused-ring (bicyclic) bond motifs is 1. The Bertz CT molecular complexity index is 856. The van der Waals surface area contributed by atoms with Crippen LogP contribution in [0, 0.1) is 0 Å². The maximum atomic E-state index is 10.8. The molecule has 0 saturated carbocycles. The van der Waals surface area contributed by atoms with Crippen molar-refractivity contribution in [3.05, 3.63) is 42.0 Å². The van der Waals surface area contributed by atoms with Crippen molar-refractivity contribution < 1.29 is 24.1 Å². The fraction of sp³-hybridized carbons (Fsp3) is 0.409. The molecule has 2 aromatic rings. The number of carboxylic acid groups (broad SMARTS) is 1. The minimum absolute atomic E-state index is 0.00145. The highest BCUT2D eigenvalue weighted by Gasteiger charge is 2.21. The van der Waals surface area contributed by atoms with Gasteiger partial charge in [0, 0.05) is 12.1 Å². The van der Waals surface area contributed by atoms with Crippen LogP contribution in [0.3, 0.4) is 0 Å². The van der Waals surface area contributed by atoms with E-state index >= 15 is 0 Å². The van der Waals surface area contributed by atoms with Crippen LogP contribution < -0.4 is 14.2 Å². The standard InChI is InChI=1S/C22H27NO5/c1-22(2,3)17-11-15(16-6-8-19-20(12-16)28-14-27-19)5-7-18(17)26-10-9-23(4)13-21(24)25/h5-8,11-12H,9-10,13-14H2,1-4H3,(H,24,25). The van der Waals surface area contributed by atoms with Crippen molar-refractivity contribution >= 4 is 5.97 Å². The summed E-state index contributed by atoms with van der Waals surface area (Å²) in [4.78, 5) is 12.5. The normalized spacial score (nSPS) is 13.0. The lowest BCUT2D eigenvalue weighted by Crippen LogP contribution is -2.30. The molecule has 0 spiro atoms. The monoisotopic (exact) mass is 385 g/mol. The number of nitrogens with zero attached hydrogens (tertiary/aromatic N) is 1. The van der Waals surface area contributed by atoms with E-state index in [1.807, 2.05) is 30.3 Å². The second-order valence-electron chi connectivity index (χ2n) is 8.01. The summed E-state index contributed by atoms with van der Waals surface area (Å²) in [5.74, 6) is 1.51. The number of likely N-dealkylation sites (N-methyl/N-ethyl adjacent to an activating group) is 1. The van der Waals surface area contributed by atoms with Crippen LogP contribution in [0.2, 0.25) is 0 Å². The van der Waals surface area contributed by atoms with E-state index in [1.54, 1.807) is 11.9 Å². The third-order valence-electron chi connectivity index (χ3n) is 4.63. The lowest BCUT2D eigenvalue weighted by molar-refractivity contribution is -0.138. The van der Waals surface area contributed by atoms with Crippen LogP contribution in [0.15, 0.2) is 36.4 Å². The summed E-state index contributed by atoms with van der Waals surface area (Å²) >= 11 is 0. The number of ether oxygens (including phenoxy) is 3. The van der Waals surface area contributed by atoms with E-state index in [2.05, 4.69) is 26.8 Å². The van der Waals surface area contributed by atoms with Gasteiger partial charge in [-0.05, 0) is 47.9 Å². The van der Waals surface area contributed by atoms with Crippen LogP contribution in [-0.2, 0) is 10.2 Å². The molecule has 0 fully saturated rings. The number of carbonyl (C=O) groups is 1. The SMILES string of the molecule is CN(CCOc1ccc(-c2ccc3c(c2)OCO3)cc1C(C)(C)C)CC(=O)O. The molecule has 0 unspecified atom stereocenters. The van der Waals surface area contributed by atoms with Gasteiger partial charge in [0.15, 0.2) is 11.5 Å². The molecule has 28 heavy (non-hydrogen) atoms.